The predicted octanol–water partition coefficient (Wildman–Crippen LogP) is 4.01. The first-order valence-electron chi connectivity index (χ1n) is 12.0. The van der Waals surface area contributed by atoms with E-state index in [9.17, 15) is 26.4 Å². The number of Topliss-reactive ketones (excluding diaryl/α,β-unsaturated/α-hetero) is 2. The van der Waals surface area contributed by atoms with Crippen molar-refractivity contribution in [1.29, 1.82) is 0 Å². The molecule has 1 aliphatic carbocycles. The molecule has 2 N–H and O–H groups in total. The van der Waals surface area contributed by atoms with Gasteiger partial charge >= 0.3 is 0 Å². The van der Waals surface area contributed by atoms with E-state index in [1.165, 1.54) is 12.1 Å². The van der Waals surface area contributed by atoms with Gasteiger partial charge in [0.1, 0.15) is 16.6 Å². The Morgan fingerprint density at radius 2 is 1.72 bits per heavy atom. The SMILES string of the molecule is CC1(CC=Cc2ccccc2)C(=O)C(C2=NS(=O)(=O)c3cc(NS(C)(=O)=O)ccc3N2)C(=O)c2ccccc21. The molecule has 0 bridgehead atoms. The summed E-state index contributed by atoms with van der Waals surface area (Å²) in [5.74, 6) is -2.76. The van der Waals surface area contributed by atoms with Crippen molar-refractivity contribution in [2.75, 3.05) is 16.3 Å². The molecule has 11 heteroatoms. The van der Waals surface area contributed by atoms with Crippen LogP contribution in [0.15, 0.2) is 88.2 Å². The quantitative estimate of drug-likeness (QED) is 0.432. The normalized spacial score (nSPS) is 22.0. The van der Waals surface area contributed by atoms with Crippen molar-refractivity contribution in [2.45, 2.75) is 23.7 Å². The first-order valence-corrected chi connectivity index (χ1v) is 15.4. The summed E-state index contributed by atoms with van der Waals surface area (Å²) in [5.41, 5.74) is 0.859. The highest BCUT2D eigenvalue weighted by atomic mass is 32.2. The van der Waals surface area contributed by atoms with Gasteiger partial charge in [-0.2, -0.15) is 8.42 Å². The first kappa shape index (κ1) is 26.5. The highest BCUT2D eigenvalue weighted by Crippen LogP contribution is 2.42. The smallest absolute Gasteiger partial charge is 0.286 e. The highest BCUT2D eigenvalue weighted by Gasteiger charge is 2.51. The summed E-state index contributed by atoms with van der Waals surface area (Å²) in [6.45, 7) is 1.75. The second-order valence-corrected chi connectivity index (χ2v) is 13.0. The molecule has 0 saturated heterocycles. The molecule has 5 rings (SSSR count). The summed E-state index contributed by atoms with van der Waals surface area (Å²) in [4.78, 5) is 27.4. The number of ketones is 2. The molecule has 0 amide bonds. The average molecular weight is 564 g/mol. The van der Waals surface area contributed by atoms with Crippen molar-refractivity contribution in [1.82, 2.24) is 0 Å². The molecule has 3 aromatic rings. The van der Waals surface area contributed by atoms with Gasteiger partial charge in [-0.3, -0.25) is 14.3 Å². The second-order valence-electron chi connectivity index (χ2n) is 9.72. The van der Waals surface area contributed by atoms with Gasteiger partial charge in [-0.25, -0.2) is 8.42 Å². The van der Waals surface area contributed by atoms with Gasteiger partial charge in [-0.15, -0.1) is 4.40 Å². The minimum absolute atomic E-state index is 0.0387. The van der Waals surface area contributed by atoms with Gasteiger partial charge in [-0.1, -0.05) is 66.7 Å². The van der Waals surface area contributed by atoms with Crippen LogP contribution in [0.3, 0.4) is 0 Å². The zero-order valence-corrected chi connectivity index (χ0v) is 22.7. The van der Waals surface area contributed by atoms with Crippen LogP contribution in [0.25, 0.3) is 6.08 Å². The van der Waals surface area contributed by atoms with Crippen molar-refractivity contribution >= 4 is 54.9 Å². The topological polar surface area (TPSA) is 139 Å². The van der Waals surface area contributed by atoms with E-state index in [-0.39, 0.29) is 28.5 Å². The van der Waals surface area contributed by atoms with Crippen LogP contribution in [0.1, 0.15) is 34.8 Å². The fourth-order valence-electron chi connectivity index (χ4n) is 4.94. The molecule has 39 heavy (non-hydrogen) atoms. The van der Waals surface area contributed by atoms with Crippen LogP contribution >= 0.6 is 0 Å². The van der Waals surface area contributed by atoms with Gasteiger partial charge in [0, 0.05) is 11.3 Å². The maximum absolute atomic E-state index is 14.0. The third-order valence-electron chi connectivity index (χ3n) is 6.81. The lowest BCUT2D eigenvalue weighted by atomic mass is 9.63. The minimum Gasteiger partial charge on any atom is -0.341 e. The molecule has 2 atom stereocenters. The van der Waals surface area contributed by atoms with Gasteiger partial charge in [0.05, 0.1) is 17.4 Å². The number of sulfonamides is 2. The van der Waals surface area contributed by atoms with Crippen molar-refractivity contribution < 1.29 is 26.4 Å². The van der Waals surface area contributed by atoms with Crippen molar-refractivity contribution in [2.24, 2.45) is 10.3 Å². The summed E-state index contributed by atoms with van der Waals surface area (Å²) in [7, 11) is -8.01. The number of carbonyl (C=O) groups is 2. The number of anilines is 2. The predicted molar refractivity (Wildman–Crippen MR) is 150 cm³/mol. The van der Waals surface area contributed by atoms with E-state index < -0.39 is 42.9 Å². The number of hydrogen-bond donors (Lipinski definition) is 2. The van der Waals surface area contributed by atoms with Gasteiger partial charge in [-0.05, 0) is 42.7 Å². The zero-order chi connectivity index (χ0) is 28.0. The number of nitrogens with zero attached hydrogens (tertiary/aromatic N) is 1. The van der Waals surface area contributed by atoms with E-state index in [4.69, 9.17) is 0 Å². The third-order valence-corrected chi connectivity index (χ3v) is 8.75. The van der Waals surface area contributed by atoms with Gasteiger partial charge in [0.2, 0.25) is 10.0 Å². The molecule has 1 heterocycles. The Morgan fingerprint density at radius 1 is 1.03 bits per heavy atom. The van der Waals surface area contributed by atoms with E-state index in [0.29, 0.717) is 11.1 Å². The minimum atomic E-state index is -4.36. The summed E-state index contributed by atoms with van der Waals surface area (Å²) in [6, 6.07) is 20.3. The molecular weight excluding hydrogens is 538 g/mol. The van der Waals surface area contributed by atoms with Gasteiger partial charge in [0.15, 0.2) is 11.6 Å². The molecule has 2 aliphatic rings. The molecular formula is C28H25N3O6S2. The number of allylic oxidation sites excluding steroid dienone is 1. The lowest BCUT2D eigenvalue weighted by Gasteiger charge is -2.38. The standard InChI is InChI=1S/C28H25N3O6S2/c1-28(16-8-11-18-9-4-3-5-10-18)21-13-7-6-12-20(21)25(32)24(26(28)33)27-29-22-15-14-19(30-38(2,34)35)17-23(22)39(36,37)31-27/h3-15,17,24,30H,16H2,1-2H3,(H,29,31). The van der Waals surface area contributed by atoms with Gasteiger partial charge in [0.25, 0.3) is 10.0 Å². The van der Waals surface area contributed by atoms with E-state index >= 15 is 0 Å². The Labute approximate surface area is 226 Å². The summed E-state index contributed by atoms with van der Waals surface area (Å²) in [5, 5.41) is 2.86. The van der Waals surface area contributed by atoms with E-state index in [1.54, 1.807) is 31.2 Å². The van der Waals surface area contributed by atoms with Crippen LogP contribution in [0, 0.1) is 5.92 Å². The zero-order valence-electron chi connectivity index (χ0n) is 21.1. The average Bonchev–Trinajstić information content (AvgIpc) is 2.88. The van der Waals surface area contributed by atoms with E-state index in [1.807, 2.05) is 42.5 Å². The van der Waals surface area contributed by atoms with Crippen LogP contribution in [-0.2, 0) is 30.3 Å². The molecule has 0 fully saturated rings. The van der Waals surface area contributed by atoms with Crippen LogP contribution in [0.4, 0.5) is 11.4 Å². The molecule has 2 unspecified atom stereocenters. The molecule has 200 valence electrons. The van der Waals surface area contributed by atoms with Crippen molar-refractivity contribution in [3.05, 3.63) is 95.6 Å². The van der Waals surface area contributed by atoms with Crippen LogP contribution < -0.4 is 10.0 Å². The Morgan fingerprint density at radius 3 is 2.44 bits per heavy atom. The number of hydrogen-bond acceptors (Lipinski definition) is 7. The molecule has 0 spiro atoms. The first-order chi connectivity index (χ1) is 18.4. The largest absolute Gasteiger partial charge is 0.341 e. The number of fused-ring (bicyclic) bond motifs is 2. The maximum Gasteiger partial charge on any atom is 0.286 e. The van der Waals surface area contributed by atoms with Gasteiger partial charge < -0.3 is 5.32 Å². The summed E-state index contributed by atoms with van der Waals surface area (Å²) >= 11 is 0. The fourth-order valence-corrected chi connectivity index (χ4v) is 6.68. The number of nitrogens with one attached hydrogen (secondary N) is 2. The number of carbonyl (C=O) groups excluding carboxylic acids is 2. The Hall–Kier alpha value is -4.09. The number of rotatable bonds is 6. The molecule has 9 nitrogen and oxygen atoms in total. The summed E-state index contributed by atoms with van der Waals surface area (Å²) < 4.78 is 55.6. The van der Waals surface area contributed by atoms with E-state index in [2.05, 4.69) is 14.4 Å². The third kappa shape index (κ3) is 5.02. The molecule has 0 radical (unpaired) electrons. The Kier molecular flexibility index (Phi) is 6.51. The molecule has 3 aromatic carbocycles. The molecule has 0 aromatic heterocycles. The van der Waals surface area contributed by atoms with Crippen molar-refractivity contribution in [3.8, 4) is 0 Å². The molecule has 1 aliphatic heterocycles. The maximum atomic E-state index is 14.0. The lowest BCUT2D eigenvalue weighted by molar-refractivity contribution is -0.125. The summed E-state index contributed by atoms with van der Waals surface area (Å²) in [6.07, 6.45) is 4.99. The number of amidine groups is 1. The van der Waals surface area contributed by atoms with E-state index in [0.717, 1.165) is 17.9 Å². The number of benzene rings is 3. The van der Waals surface area contributed by atoms with Crippen LogP contribution in [-0.4, -0.2) is 40.5 Å². The second kappa shape index (κ2) is 9.58. The molecule has 0 saturated carbocycles. The van der Waals surface area contributed by atoms with Crippen LogP contribution in [0.5, 0.6) is 0 Å². The van der Waals surface area contributed by atoms with Crippen LogP contribution in [0.2, 0.25) is 0 Å². The monoisotopic (exact) mass is 563 g/mol. The Bertz CT molecular complexity index is 1780. The van der Waals surface area contributed by atoms with Crippen molar-refractivity contribution in [3.63, 3.8) is 0 Å². The fraction of sp³-hybridized carbons (Fsp3) is 0.179. The highest BCUT2D eigenvalue weighted by molar-refractivity contribution is 7.92. The lowest BCUT2D eigenvalue weighted by Crippen LogP contribution is -2.51. The Balaban J connectivity index is 1.54.